The zero-order valence-corrected chi connectivity index (χ0v) is 19.0. The van der Waals surface area contributed by atoms with Gasteiger partial charge in [0.2, 0.25) is 0 Å². The average Bonchev–Trinajstić information content (AvgIpc) is 2.86. The van der Waals surface area contributed by atoms with Crippen LogP contribution in [-0.4, -0.2) is 64.2 Å². The fraction of sp³-hybridized carbons (Fsp3) is 0.280. The van der Waals surface area contributed by atoms with Crippen LogP contribution in [0.25, 0.3) is 22.4 Å². The third-order valence-electron chi connectivity index (χ3n) is 6.12. The topological polar surface area (TPSA) is 105 Å². The molecular weight excluding hydrogens is 432 g/mol. The van der Waals surface area contributed by atoms with Gasteiger partial charge in [-0.25, -0.2) is 4.98 Å². The molecule has 4 heterocycles. The van der Waals surface area contributed by atoms with Gasteiger partial charge in [0.1, 0.15) is 11.1 Å². The van der Waals surface area contributed by atoms with Crippen LogP contribution in [0.4, 0.5) is 0 Å². The molecule has 1 saturated heterocycles. The minimum Gasteiger partial charge on any atom is -0.379 e. The summed E-state index contributed by atoms with van der Waals surface area (Å²) < 4.78 is 8.42. The molecular formula is C25H26N6O3. The Morgan fingerprint density at radius 1 is 1.12 bits per heavy atom. The lowest BCUT2D eigenvalue weighted by Gasteiger charge is -2.26. The van der Waals surface area contributed by atoms with Crippen molar-refractivity contribution in [3.63, 3.8) is 0 Å². The third-order valence-corrected chi connectivity index (χ3v) is 6.12. The van der Waals surface area contributed by atoms with Crippen molar-refractivity contribution in [3.8, 4) is 5.69 Å². The van der Waals surface area contributed by atoms with E-state index in [-0.39, 0.29) is 22.0 Å². The van der Waals surface area contributed by atoms with Gasteiger partial charge < -0.3 is 10.1 Å². The van der Waals surface area contributed by atoms with Gasteiger partial charge in [-0.15, -0.1) is 0 Å². The first-order chi connectivity index (χ1) is 16.5. The highest BCUT2D eigenvalue weighted by Gasteiger charge is 2.19. The molecule has 0 atom stereocenters. The zero-order chi connectivity index (χ0) is 23.7. The largest absolute Gasteiger partial charge is 0.379 e. The molecule has 1 aliphatic rings. The molecule has 3 aromatic heterocycles. The van der Waals surface area contributed by atoms with Crippen molar-refractivity contribution in [2.75, 3.05) is 39.4 Å². The smallest absolute Gasteiger partial charge is 0.267 e. The van der Waals surface area contributed by atoms with Crippen LogP contribution in [0.5, 0.6) is 0 Å². The number of aryl methyl sites for hydroxylation is 1. The van der Waals surface area contributed by atoms with Gasteiger partial charge in [-0.2, -0.15) is 0 Å². The maximum atomic E-state index is 13.4. The fourth-order valence-electron chi connectivity index (χ4n) is 4.29. The van der Waals surface area contributed by atoms with Crippen LogP contribution in [0.3, 0.4) is 0 Å². The van der Waals surface area contributed by atoms with Gasteiger partial charge in [0.05, 0.1) is 24.2 Å². The van der Waals surface area contributed by atoms with Crippen LogP contribution < -0.4 is 16.4 Å². The molecule has 4 aromatic rings. The molecule has 1 aliphatic heterocycles. The second-order valence-corrected chi connectivity index (χ2v) is 8.33. The summed E-state index contributed by atoms with van der Waals surface area (Å²) in [5.74, 6) is -0.390. The Morgan fingerprint density at radius 3 is 2.65 bits per heavy atom. The first-order valence-electron chi connectivity index (χ1n) is 11.3. The number of nitrogens with one attached hydrogen (secondary N) is 2. The molecule has 2 N–H and O–H groups in total. The second kappa shape index (κ2) is 9.20. The number of carbonyl (C=O) groups excluding carboxylic acids is 1. The van der Waals surface area contributed by atoms with Crippen LogP contribution >= 0.6 is 0 Å². The van der Waals surface area contributed by atoms with E-state index >= 15 is 0 Å². The quantitative estimate of drug-likeness (QED) is 0.441. The van der Waals surface area contributed by atoms with Crippen LogP contribution in [0, 0.1) is 12.3 Å². The third kappa shape index (κ3) is 4.00. The lowest BCUT2D eigenvalue weighted by Crippen LogP contribution is -2.42. The molecule has 1 aromatic carbocycles. The van der Waals surface area contributed by atoms with E-state index in [0.29, 0.717) is 43.3 Å². The van der Waals surface area contributed by atoms with Crippen LogP contribution in [0.15, 0.2) is 59.5 Å². The number of pyridine rings is 2. The van der Waals surface area contributed by atoms with Crippen molar-refractivity contribution in [1.82, 2.24) is 24.2 Å². The van der Waals surface area contributed by atoms with Crippen molar-refractivity contribution in [1.29, 1.82) is 5.41 Å². The molecule has 174 valence electrons. The average molecular weight is 459 g/mol. The summed E-state index contributed by atoms with van der Waals surface area (Å²) >= 11 is 0. The minimum atomic E-state index is -0.390. The van der Waals surface area contributed by atoms with Gasteiger partial charge in [-0.3, -0.25) is 28.9 Å². The summed E-state index contributed by atoms with van der Waals surface area (Å²) in [4.78, 5) is 33.6. The highest BCUT2D eigenvalue weighted by molar-refractivity contribution is 5.97. The monoisotopic (exact) mass is 458 g/mol. The van der Waals surface area contributed by atoms with Crippen LogP contribution in [0.2, 0.25) is 0 Å². The maximum absolute atomic E-state index is 13.4. The number of aromatic nitrogens is 3. The van der Waals surface area contributed by atoms with Crippen LogP contribution in [-0.2, 0) is 4.74 Å². The summed E-state index contributed by atoms with van der Waals surface area (Å²) in [6, 6.07) is 14.4. The number of benzene rings is 1. The van der Waals surface area contributed by atoms with Gasteiger partial charge in [-0.1, -0.05) is 24.3 Å². The molecule has 1 amide bonds. The summed E-state index contributed by atoms with van der Waals surface area (Å²) in [5.41, 5.74) is 2.20. The second-order valence-electron chi connectivity index (χ2n) is 8.33. The molecule has 0 saturated carbocycles. The Kier molecular flexibility index (Phi) is 5.95. The predicted molar refractivity (Wildman–Crippen MR) is 128 cm³/mol. The van der Waals surface area contributed by atoms with Crippen molar-refractivity contribution in [2.45, 2.75) is 6.92 Å². The molecule has 0 radical (unpaired) electrons. The number of hydrogen-bond acceptors (Lipinski definition) is 6. The van der Waals surface area contributed by atoms with E-state index in [2.05, 4.69) is 10.2 Å². The molecule has 9 heteroatoms. The fourth-order valence-corrected chi connectivity index (χ4v) is 4.29. The molecule has 34 heavy (non-hydrogen) atoms. The SMILES string of the molecule is Cc1cccn2c(=O)c3cc(C(=O)NCCN4CCOCC4)c(=N)n(-c4ccccc4)c3nc12. The zero-order valence-electron chi connectivity index (χ0n) is 19.0. The molecule has 1 fully saturated rings. The maximum Gasteiger partial charge on any atom is 0.267 e. The number of hydrogen-bond donors (Lipinski definition) is 2. The normalized spacial score (nSPS) is 14.5. The number of rotatable bonds is 5. The number of morpholine rings is 1. The number of carbonyl (C=O) groups is 1. The summed E-state index contributed by atoms with van der Waals surface area (Å²) in [7, 11) is 0. The number of fused-ring (bicyclic) bond motifs is 2. The van der Waals surface area contributed by atoms with Gasteiger partial charge in [0, 0.05) is 38.1 Å². The standard InChI is InChI=1S/C25H26N6O3/c1-17-6-5-10-30-22(17)28-23-20(25(30)33)16-19(21(26)31(23)18-7-3-2-4-8-18)24(32)27-9-11-29-12-14-34-15-13-29/h2-8,10,16,26H,9,11-15H2,1H3,(H,27,32). The van der Waals surface area contributed by atoms with Gasteiger partial charge in [0.25, 0.3) is 11.5 Å². The van der Waals surface area contributed by atoms with E-state index < -0.39 is 5.91 Å². The number of nitrogens with zero attached hydrogens (tertiary/aromatic N) is 4. The number of para-hydroxylation sites is 1. The lowest BCUT2D eigenvalue weighted by atomic mass is 10.1. The van der Waals surface area contributed by atoms with E-state index in [1.807, 2.05) is 43.3 Å². The first-order valence-corrected chi connectivity index (χ1v) is 11.3. The van der Waals surface area contributed by atoms with E-state index in [4.69, 9.17) is 15.1 Å². The Hall–Kier alpha value is -3.82. The van der Waals surface area contributed by atoms with Crippen molar-refractivity contribution in [2.24, 2.45) is 0 Å². The Balaban J connectivity index is 1.62. The summed E-state index contributed by atoms with van der Waals surface area (Å²) in [5, 5.41) is 12.1. The molecule has 5 rings (SSSR count). The number of ether oxygens (including phenoxy) is 1. The molecule has 0 unspecified atom stereocenters. The Bertz CT molecular complexity index is 1490. The Labute approximate surface area is 195 Å². The van der Waals surface area contributed by atoms with Gasteiger partial charge in [-0.05, 0) is 36.8 Å². The molecule has 0 bridgehead atoms. The van der Waals surface area contributed by atoms with Gasteiger partial charge >= 0.3 is 0 Å². The summed E-state index contributed by atoms with van der Waals surface area (Å²) in [6.45, 7) is 6.07. The minimum absolute atomic E-state index is 0.0209. The molecule has 0 spiro atoms. The molecule has 0 aliphatic carbocycles. The van der Waals surface area contributed by atoms with Crippen molar-refractivity contribution < 1.29 is 9.53 Å². The number of amides is 1. The lowest BCUT2D eigenvalue weighted by molar-refractivity contribution is 0.0383. The van der Waals surface area contributed by atoms with E-state index in [9.17, 15) is 9.59 Å². The van der Waals surface area contributed by atoms with E-state index in [1.54, 1.807) is 16.8 Å². The van der Waals surface area contributed by atoms with Gasteiger partial charge in [0.15, 0.2) is 5.65 Å². The highest BCUT2D eigenvalue weighted by atomic mass is 16.5. The predicted octanol–water partition coefficient (Wildman–Crippen LogP) is 1.49. The first kappa shape index (κ1) is 22.0. The Morgan fingerprint density at radius 2 is 1.88 bits per heavy atom. The summed E-state index contributed by atoms with van der Waals surface area (Å²) in [6.07, 6.45) is 1.67. The van der Waals surface area contributed by atoms with E-state index in [1.165, 1.54) is 10.5 Å². The molecule has 9 nitrogen and oxygen atoms in total. The van der Waals surface area contributed by atoms with Crippen LogP contribution in [0.1, 0.15) is 15.9 Å². The van der Waals surface area contributed by atoms with Crippen molar-refractivity contribution in [3.05, 3.63) is 81.7 Å². The van der Waals surface area contributed by atoms with E-state index in [0.717, 1.165) is 18.7 Å². The van der Waals surface area contributed by atoms with Crippen molar-refractivity contribution >= 4 is 22.6 Å². The highest BCUT2D eigenvalue weighted by Crippen LogP contribution is 2.16.